The van der Waals surface area contributed by atoms with Gasteiger partial charge in [-0.25, -0.2) is 13.1 Å². The fourth-order valence-electron chi connectivity index (χ4n) is 1.91. The molecular weight excluding hydrogens is 330 g/mol. The maximum atomic E-state index is 11.9. The quantitative estimate of drug-likeness (QED) is 0.601. The zero-order valence-electron chi connectivity index (χ0n) is 11.9. The third-order valence-corrected chi connectivity index (χ3v) is 4.48. The third kappa shape index (κ3) is 5.54. The van der Waals surface area contributed by atoms with E-state index in [0.717, 1.165) is 0 Å². The first-order valence-electron chi connectivity index (χ1n) is 6.73. The maximum Gasteiger partial charge on any atom is 0.240 e. The van der Waals surface area contributed by atoms with Crippen molar-refractivity contribution >= 4 is 28.3 Å². The second kappa shape index (κ2) is 9.06. The highest BCUT2D eigenvalue weighted by Crippen LogP contribution is 2.06. The van der Waals surface area contributed by atoms with Gasteiger partial charge in [-0.1, -0.05) is 18.2 Å². The SMILES string of the molecule is Cl.O=C(NCCNS(=O)(=O)c1ccccc1)C1COCCN1. The number of halogens is 1. The molecule has 0 radical (unpaired) electrons. The van der Waals surface area contributed by atoms with E-state index in [1.165, 1.54) is 12.1 Å². The van der Waals surface area contributed by atoms with Gasteiger partial charge in [0.2, 0.25) is 15.9 Å². The smallest absolute Gasteiger partial charge is 0.240 e. The fourth-order valence-corrected chi connectivity index (χ4v) is 2.96. The molecule has 1 heterocycles. The monoisotopic (exact) mass is 349 g/mol. The Labute approximate surface area is 136 Å². The topological polar surface area (TPSA) is 96.5 Å². The number of sulfonamides is 1. The van der Waals surface area contributed by atoms with Gasteiger partial charge in [0.15, 0.2) is 0 Å². The Morgan fingerprint density at radius 3 is 2.64 bits per heavy atom. The van der Waals surface area contributed by atoms with Crippen LogP contribution in [0.25, 0.3) is 0 Å². The molecule has 22 heavy (non-hydrogen) atoms. The zero-order chi connectivity index (χ0) is 15.1. The molecule has 3 N–H and O–H groups in total. The van der Waals surface area contributed by atoms with Crippen LogP contribution >= 0.6 is 12.4 Å². The van der Waals surface area contributed by atoms with E-state index in [1.807, 2.05) is 0 Å². The lowest BCUT2D eigenvalue weighted by Gasteiger charge is -2.22. The molecule has 7 nitrogen and oxygen atoms in total. The minimum Gasteiger partial charge on any atom is -0.378 e. The predicted molar refractivity (Wildman–Crippen MR) is 84.5 cm³/mol. The average molecular weight is 350 g/mol. The highest BCUT2D eigenvalue weighted by atomic mass is 35.5. The lowest BCUT2D eigenvalue weighted by Crippen LogP contribution is -2.52. The van der Waals surface area contributed by atoms with E-state index in [1.54, 1.807) is 18.2 Å². The van der Waals surface area contributed by atoms with Gasteiger partial charge in [-0.3, -0.25) is 4.79 Å². The summed E-state index contributed by atoms with van der Waals surface area (Å²) < 4.78 is 31.5. The zero-order valence-corrected chi connectivity index (χ0v) is 13.6. The maximum absolute atomic E-state index is 11.9. The number of hydrogen-bond donors (Lipinski definition) is 3. The van der Waals surface area contributed by atoms with Crippen molar-refractivity contribution in [3.05, 3.63) is 30.3 Å². The molecular formula is C13H20ClN3O4S. The molecule has 1 amide bonds. The van der Waals surface area contributed by atoms with E-state index in [9.17, 15) is 13.2 Å². The summed E-state index contributed by atoms with van der Waals surface area (Å²) >= 11 is 0. The van der Waals surface area contributed by atoms with Crippen molar-refractivity contribution in [2.75, 3.05) is 32.8 Å². The van der Waals surface area contributed by atoms with E-state index in [4.69, 9.17) is 4.74 Å². The molecule has 1 aromatic carbocycles. The second-order valence-corrected chi connectivity index (χ2v) is 6.35. The fraction of sp³-hybridized carbons (Fsp3) is 0.462. The van der Waals surface area contributed by atoms with Gasteiger partial charge in [0, 0.05) is 19.6 Å². The van der Waals surface area contributed by atoms with Crippen molar-refractivity contribution < 1.29 is 17.9 Å². The van der Waals surface area contributed by atoms with Crippen molar-refractivity contribution in [1.29, 1.82) is 0 Å². The normalized spacial score (nSPS) is 18.3. The molecule has 1 aromatic rings. The van der Waals surface area contributed by atoms with Crippen LogP contribution in [-0.2, 0) is 19.6 Å². The summed E-state index contributed by atoms with van der Waals surface area (Å²) in [5, 5.41) is 5.69. The summed E-state index contributed by atoms with van der Waals surface area (Å²) in [6.45, 7) is 1.93. The van der Waals surface area contributed by atoms with E-state index >= 15 is 0 Å². The van der Waals surface area contributed by atoms with E-state index in [0.29, 0.717) is 19.8 Å². The molecule has 1 aliphatic heterocycles. The van der Waals surface area contributed by atoms with Crippen molar-refractivity contribution in [3.63, 3.8) is 0 Å². The Kier molecular flexibility index (Phi) is 7.77. The van der Waals surface area contributed by atoms with Crippen LogP contribution in [0.3, 0.4) is 0 Å². The molecule has 1 saturated heterocycles. The van der Waals surface area contributed by atoms with Crippen LogP contribution in [0.2, 0.25) is 0 Å². The minimum absolute atomic E-state index is 0. The number of carbonyl (C=O) groups excluding carboxylic acids is 1. The number of morpholine rings is 1. The van der Waals surface area contributed by atoms with Crippen LogP contribution < -0.4 is 15.4 Å². The summed E-state index contributed by atoms with van der Waals surface area (Å²) in [5.41, 5.74) is 0. The Morgan fingerprint density at radius 1 is 1.27 bits per heavy atom. The van der Waals surface area contributed by atoms with Crippen LogP contribution in [0.15, 0.2) is 35.2 Å². The van der Waals surface area contributed by atoms with E-state index in [-0.39, 0.29) is 42.3 Å². The summed E-state index contributed by atoms with van der Waals surface area (Å²) in [5.74, 6) is -0.186. The lowest BCUT2D eigenvalue weighted by atomic mass is 10.2. The molecule has 1 fully saturated rings. The molecule has 0 aromatic heterocycles. The second-order valence-electron chi connectivity index (χ2n) is 4.58. The van der Waals surface area contributed by atoms with Crippen LogP contribution in [0.5, 0.6) is 0 Å². The molecule has 0 spiro atoms. The number of benzene rings is 1. The van der Waals surface area contributed by atoms with Crippen LogP contribution in [0.1, 0.15) is 0 Å². The van der Waals surface area contributed by atoms with Crippen LogP contribution in [-0.4, -0.2) is 53.2 Å². The molecule has 9 heteroatoms. The number of carbonyl (C=O) groups is 1. The molecule has 0 aliphatic carbocycles. The van der Waals surface area contributed by atoms with Crippen molar-refractivity contribution in [1.82, 2.24) is 15.4 Å². The van der Waals surface area contributed by atoms with E-state index < -0.39 is 10.0 Å². The lowest BCUT2D eigenvalue weighted by molar-refractivity contribution is -0.125. The Balaban J connectivity index is 0.00000242. The van der Waals surface area contributed by atoms with Gasteiger partial charge in [-0.15, -0.1) is 12.4 Å². The number of nitrogens with one attached hydrogen (secondary N) is 3. The van der Waals surface area contributed by atoms with Gasteiger partial charge in [0.1, 0.15) is 6.04 Å². The largest absolute Gasteiger partial charge is 0.378 e. The molecule has 1 atom stereocenters. The molecule has 2 rings (SSSR count). The van der Waals surface area contributed by atoms with Gasteiger partial charge >= 0.3 is 0 Å². The summed E-state index contributed by atoms with van der Waals surface area (Å²) in [6.07, 6.45) is 0. The Morgan fingerprint density at radius 2 is 2.00 bits per heavy atom. The highest BCUT2D eigenvalue weighted by molar-refractivity contribution is 7.89. The number of rotatable bonds is 6. The van der Waals surface area contributed by atoms with Crippen molar-refractivity contribution in [3.8, 4) is 0 Å². The average Bonchev–Trinajstić information content (AvgIpc) is 2.53. The van der Waals surface area contributed by atoms with Gasteiger partial charge in [0.05, 0.1) is 18.1 Å². The summed E-state index contributed by atoms with van der Waals surface area (Å²) in [4.78, 5) is 12.0. The Bertz CT molecular complexity index is 562. The Hall–Kier alpha value is -1.19. The van der Waals surface area contributed by atoms with E-state index in [2.05, 4.69) is 15.4 Å². The third-order valence-electron chi connectivity index (χ3n) is 3.01. The van der Waals surface area contributed by atoms with Crippen molar-refractivity contribution in [2.45, 2.75) is 10.9 Å². The predicted octanol–water partition coefficient (Wildman–Crippen LogP) is -0.509. The van der Waals surface area contributed by atoms with Gasteiger partial charge in [-0.2, -0.15) is 0 Å². The van der Waals surface area contributed by atoms with Crippen molar-refractivity contribution in [2.24, 2.45) is 0 Å². The van der Waals surface area contributed by atoms with Gasteiger partial charge in [0.25, 0.3) is 0 Å². The summed E-state index contributed by atoms with van der Waals surface area (Å²) in [7, 11) is -3.52. The first-order chi connectivity index (χ1) is 10.1. The molecule has 1 unspecified atom stereocenters. The van der Waals surface area contributed by atoms with Gasteiger partial charge < -0.3 is 15.4 Å². The number of hydrogen-bond acceptors (Lipinski definition) is 5. The standard InChI is InChI=1S/C13H19N3O4S.ClH/c17-13(12-10-20-9-8-14-12)15-6-7-16-21(18,19)11-4-2-1-3-5-11;/h1-5,12,14,16H,6-10H2,(H,15,17);1H. The first kappa shape index (κ1) is 18.9. The minimum atomic E-state index is -3.52. The van der Waals surface area contributed by atoms with Gasteiger partial charge in [-0.05, 0) is 12.1 Å². The summed E-state index contributed by atoms with van der Waals surface area (Å²) in [6, 6.07) is 7.73. The molecule has 0 bridgehead atoms. The van der Waals surface area contributed by atoms with Crippen LogP contribution in [0, 0.1) is 0 Å². The molecule has 1 aliphatic rings. The highest BCUT2D eigenvalue weighted by Gasteiger charge is 2.20. The molecule has 124 valence electrons. The molecule has 0 saturated carbocycles. The number of ether oxygens (including phenoxy) is 1. The number of amides is 1. The van der Waals surface area contributed by atoms with Crippen LogP contribution in [0.4, 0.5) is 0 Å². The first-order valence-corrected chi connectivity index (χ1v) is 8.21.